The molecule has 2 N–H and O–H groups in total. The summed E-state index contributed by atoms with van der Waals surface area (Å²) in [5.74, 6) is -0.918. The van der Waals surface area contributed by atoms with Crippen LogP contribution in [0.2, 0.25) is 0 Å². The molecule has 9 heteroatoms. The van der Waals surface area contributed by atoms with Crippen molar-refractivity contribution in [1.29, 1.82) is 0 Å². The highest BCUT2D eigenvalue weighted by molar-refractivity contribution is 6.00. The first-order chi connectivity index (χ1) is 12.0. The number of ether oxygens (including phenoxy) is 2. The predicted molar refractivity (Wildman–Crippen MR) is 87.0 cm³/mol. The van der Waals surface area contributed by atoms with E-state index in [9.17, 15) is 14.4 Å². The number of carbonyl (C=O) groups is 3. The van der Waals surface area contributed by atoms with Crippen molar-refractivity contribution < 1.29 is 29.0 Å². The van der Waals surface area contributed by atoms with Gasteiger partial charge < -0.3 is 24.8 Å². The third-order valence-electron chi connectivity index (χ3n) is 4.20. The van der Waals surface area contributed by atoms with E-state index < -0.39 is 12.1 Å². The van der Waals surface area contributed by atoms with Crippen LogP contribution >= 0.6 is 0 Å². The molecule has 2 aliphatic heterocycles. The van der Waals surface area contributed by atoms with Gasteiger partial charge in [0.05, 0.1) is 25.9 Å². The Morgan fingerprint density at radius 1 is 1.36 bits per heavy atom. The van der Waals surface area contributed by atoms with Crippen LogP contribution in [0.15, 0.2) is 18.2 Å². The molecule has 3 amide bonds. The van der Waals surface area contributed by atoms with E-state index in [1.54, 1.807) is 18.2 Å². The summed E-state index contributed by atoms with van der Waals surface area (Å²) < 4.78 is 10.4. The lowest BCUT2D eigenvalue weighted by atomic mass is 10.1. The van der Waals surface area contributed by atoms with E-state index in [0.29, 0.717) is 36.6 Å². The summed E-state index contributed by atoms with van der Waals surface area (Å²) in [5, 5.41) is 11.8. The maximum absolute atomic E-state index is 12.7. The highest BCUT2D eigenvalue weighted by Gasteiger charge is 2.31. The molecule has 0 bridgehead atoms. The van der Waals surface area contributed by atoms with Gasteiger partial charge in [-0.2, -0.15) is 0 Å². The average Bonchev–Trinajstić information content (AvgIpc) is 3.06. The molecule has 1 atom stereocenters. The van der Waals surface area contributed by atoms with Crippen molar-refractivity contribution in [3.05, 3.63) is 23.8 Å². The lowest BCUT2D eigenvalue weighted by molar-refractivity contribution is -0.154. The van der Waals surface area contributed by atoms with Crippen molar-refractivity contribution >= 4 is 23.6 Å². The number of aliphatic carboxylic acids is 1. The fourth-order valence-corrected chi connectivity index (χ4v) is 2.90. The molecule has 0 aromatic heterocycles. The molecule has 0 saturated carbocycles. The number of nitrogens with zero attached hydrogens (tertiary/aromatic N) is 2. The normalized spacial score (nSPS) is 20.4. The number of morpholine rings is 1. The largest absolute Gasteiger partial charge is 0.495 e. The maximum atomic E-state index is 12.7. The number of hydrogen-bond acceptors (Lipinski definition) is 5. The number of urea groups is 1. The Morgan fingerprint density at radius 2 is 2.16 bits per heavy atom. The summed E-state index contributed by atoms with van der Waals surface area (Å²) in [5.41, 5.74) is 0.868. The minimum Gasteiger partial charge on any atom is -0.495 e. The van der Waals surface area contributed by atoms with E-state index in [2.05, 4.69) is 5.32 Å². The zero-order valence-electron chi connectivity index (χ0n) is 13.7. The van der Waals surface area contributed by atoms with Gasteiger partial charge in [0.25, 0.3) is 5.91 Å². The summed E-state index contributed by atoms with van der Waals surface area (Å²) in [6.45, 7) is 1.46. The third kappa shape index (κ3) is 3.36. The molecule has 0 aliphatic carbocycles. The number of benzene rings is 1. The second kappa shape index (κ2) is 6.98. The standard InChI is InChI=1S/C16H19N3O6/c1-24-12-3-2-10(8-11(12)19-5-4-17-16(19)23)14(20)18-6-7-25-13(9-18)15(21)22/h2-3,8,13H,4-7,9H2,1H3,(H,17,23)(H,21,22). The van der Waals surface area contributed by atoms with E-state index in [-0.39, 0.29) is 25.1 Å². The number of carboxylic acid groups (broad SMARTS) is 1. The second-order valence-electron chi connectivity index (χ2n) is 5.72. The summed E-state index contributed by atoms with van der Waals surface area (Å²) in [4.78, 5) is 38.7. The van der Waals surface area contributed by atoms with Gasteiger partial charge in [-0.1, -0.05) is 0 Å². The SMILES string of the molecule is COc1ccc(C(=O)N2CCOC(C(=O)O)C2)cc1N1CCNC1=O. The molecule has 9 nitrogen and oxygen atoms in total. The molecule has 25 heavy (non-hydrogen) atoms. The van der Waals surface area contributed by atoms with E-state index in [4.69, 9.17) is 14.6 Å². The van der Waals surface area contributed by atoms with Crippen LogP contribution in [0.3, 0.4) is 0 Å². The molecule has 3 rings (SSSR count). The highest BCUT2D eigenvalue weighted by Crippen LogP contribution is 2.31. The van der Waals surface area contributed by atoms with Gasteiger partial charge in [-0.25, -0.2) is 9.59 Å². The first-order valence-electron chi connectivity index (χ1n) is 7.88. The molecule has 2 fully saturated rings. The van der Waals surface area contributed by atoms with Gasteiger partial charge in [0.1, 0.15) is 5.75 Å². The van der Waals surface area contributed by atoms with Gasteiger partial charge in [-0.05, 0) is 18.2 Å². The minimum atomic E-state index is -1.10. The Balaban J connectivity index is 1.85. The van der Waals surface area contributed by atoms with Gasteiger partial charge in [0.2, 0.25) is 0 Å². The quantitative estimate of drug-likeness (QED) is 0.801. The molecule has 134 valence electrons. The minimum absolute atomic E-state index is 0.0142. The van der Waals surface area contributed by atoms with Gasteiger partial charge in [-0.3, -0.25) is 9.69 Å². The fraction of sp³-hybridized carbons (Fsp3) is 0.438. The molecule has 1 unspecified atom stereocenters. The first kappa shape index (κ1) is 17.0. The van der Waals surface area contributed by atoms with Crippen molar-refractivity contribution in [2.24, 2.45) is 0 Å². The number of amides is 3. The Bertz CT molecular complexity index is 707. The average molecular weight is 349 g/mol. The van der Waals surface area contributed by atoms with Crippen LogP contribution in [0.4, 0.5) is 10.5 Å². The third-order valence-corrected chi connectivity index (χ3v) is 4.20. The van der Waals surface area contributed by atoms with Crippen LogP contribution in [0.5, 0.6) is 5.75 Å². The van der Waals surface area contributed by atoms with E-state index in [1.165, 1.54) is 16.9 Å². The second-order valence-corrected chi connectivity index (χ2v) is 5.72. The van der Waals surface area contributed by atoms with Crippen LogP contribution in [-0.4, -0.2) is 73.9 Å². The summed E-state index contributed by atoms with van der Waals surface area (Å²) in [6, 6.07) is 4.57. The lowest BCUT2D eigenvalue weighted by Gasteiger charge is -2.31. The number of carboxylic acids is 1. The molecule has 2 saturated heterocycles. The van der Waals surface area contributed by atoms with Crippen molar-refractivity contribution in [2.45, 2.75) is 6.10 Å². The highest BCUT2D eigenvalue weighted by atomic mass is 16.5. The monoisotopic (exact) mass is 349 g/mol. The molecule has 2 aliphatic rings. The summed E-state index contributed by atoms with van der Waals surface area (Å²) in [7, 11) is 1.49. The molecular formula is C16H19N3O6. The lowest BCUT2D eigenvalue weighted by Crippen LogP contribution is -2.48. The van der Waals surface area contributed by atoms with E-state index in [0.717, 1.165) is 0 Å². The number of methoxy groups -OCH3 is 1. The smallest absolute Gasteiger partial charge is 0.334 e. The first-order valence-corrected chi connectivity index (χ1v) is 7.88. The van der Waals surface area contributed by atoms with Crippen molar-refractivity contribution in [2.75, 3.05) is 44.8 Å². The number of nitrogens with one attached hydrogen (secondary N) is 1. The molecule has 1 aromatic carbocycles. The zero-order chi connectivity index (χ0) is 18.0. The van der Waals surface area contributed by atoms with Crippen LogP contribution in [-0.2, 0) is 9.53 Å². The summed E-state index contributed by atoms with van der Waals surface area (Å²) in [6.07, 6.45) is -1.03. The number of carbonyl (C=O) groups excluding carboxylic acids is 2. The van der Waals surface area contributed by atoms with Crippen LogP contribution in [0, 0.1) is 0 Å². The van der Waals surface area contributed by atoms with E-state index >= 15 is 0 Å². The van der Waals surface area contributed by atoms with Crippen LogP contribution in [0.25, 0.3) is 0 Å². The summed E-state index contributed by atoms with van der Waals surface area (Å²) >= 11 is 0. The van der Waals surface area contributed by atoms with Crippen molar-refractivity contribution in [1.82, 2.24) is 10.2 Å². The van der Waals surface area contributed by atoms with Crippen molar-refractivity contribution in [3.8, 4) is 5.75 Å². The Labute approximate surface area is 144 Å². The van der Waals surface area contributed by atoms with Crippen molar-refractivity contribution in [3.63, 3.8) is 0 Å². The van der Waals surface area contributed by atoms with E-state index in [1.807, 2.05) is 0 Å². The molecular weight excluding hydrogens is 330 g/mol. The van der Waals surface area contributed by atoms with Crippen LogP contribution < -0.4 is 15.0 Å². The molecule has 2 heterocycles. The zero-order valence-corrected chi connectivity index (χ0v) is 13.7. The fourth-order valence-electron chi connectivity index (χ4n) is 2.90. The van der Waals surface area contributed by atoms with Gasteiger partial charge in [0.15, 0.2) is 6.10 Å². The molecule has 1 aromatic rings. The Kier molecular flexibility index (Phi) is 4.75. The van der Waals surface area contributed by atoms with Gasteiger partial charge in [0, 0.05) is 25.2 Å². The molecule has 0 spiro atoms. The number of rotatable bonds is 4. The topological polar surface area (TPSA) is 108 Å². The molecule has 0 radical (unpaired) electrons. The predicted octanol–water partition coefficient (Wildman–Crippen LogP) is 0.150. The Hall–Kier alpha value is -2.81. The maximum Gasteiger partial charge on any atom is 0.334 e. The van der Waals surface area contributed by atoms with Gasteiger partial charge >= 0.3 is 12.0 Å². The number of anilines is 1. The van der Waals surface area contributed by atoms with Gasteiger partial charge in [-0.15, -0.1) is 0 Å². The Morgan fingerprint density at radius 3 is 2.80 bits per heavy atom. The van der Waals surface area contributed by atoms with Crippen LogP contribution in [0.1, 0.15) is 10.4 Å². The number of hydrogen-bond donors (Lipinski definition) is 2.